The lowest BCUT2D eigenvalue weighted by atomic mass is 9.89. The van der Waals surface area contributed by atoms with Gasteiger partial charge in [0, 0.05) is 16.1 Å². The molecule has 0 saturated carbocycles. The molecule has 5 heteroatoms. The maximum absolute atomic E-state index is 13.9. The Balaban J connectivity index is 1.79. The van der Waals surface area contributed by atoms with Crippen LogP contribution in [0.25, 0.3) is 0 Å². The third-order valence-electron chi connectivity index (χ3n) is 4.39. The molecule has 1 fully saturated rings. The summed E-state index contributed by atoms with van der Waals surface area (Å²) >= 11 is 5.78. The fourth-order valence-electron chi connectivity index (χ4n) is 3.11. The molecule has 0 radical (unpaired) electrons. The van der Waals surface area contributed by atoms with Gasteiger partial charge in [-0.2, -0.15) is 0 Å². The van der Waals surface area contributed by atoms with Crippen LogP contribution in [-0.2, 0) is 6.61 Å². The average molecular weight is 350 g/mol. The van der Waals surface area contributed by atoms with E-state index < -0.39 is 0 Å². The van der Waals surface area contributed by atoms with Crippen molar-refractivity contribution in [3.8, 4) is 11.5 Å². The Morgan fingerprint density at radius 1 is 1.21 bits per heavy atom. The molecule has 1 aliphatic heterocycles. The third kappa shape index (κ3) is 3.82. The minimum absolute atomic E-state index is 0.134. The summed E-state index contributed by atoms with van der Waals surface area (Å²) in [5.74, 6) is 1.48. The van der Waals surface area contributed by atoms with E-state index in [9.17, 15) is 4.39 Å². The number of nitrogens with one attached hydrogen (secondary N) is 1. The molecule has 0 atom stereocenters. The molecule has 3 rings (SSSR count). The highest BCUT2D eigenvalue weighted by molar-refractivity contribution is 6.30. The summed E-state index contributed by atoms with van der Waals surface area (Å²) in [6.45, 7) is 2.15. The van der Waals surface area contributed by atoms with Gasteiger partial charge in [0.1, 0.15) is 12.4 Å². The van der Waals surface area contributed by atoms with E-state index in [1.807, 2.05) is 12.1 Å². The number of rotatable bonds is 5. The fourth-order valence-corrected chi connectivity index (χ4v) is 3.27. The van der Waals surface area contributed by atoms with Crippen LogP contribution >= 0.6 is 11.6 Å². The Morgan fingerprint density at radius 2 is 2.00 bits per heavy atom. The SMILES string of the molecule is COc1c(OCc2ccc(Cl)cc2F)cccc1C1CCNCC1. The predicted octanol–water partition coefficient (Wildman–Crippen LogP) is 4.53. The molecular weight excluding hydrogens is 329 g/mol. The van der Waals surface area contributed by atoms with Crippen molar-refractivity contribution >= 4 is 11.6 Å². The third-order valence-corrected chi connectivity index (χ3v) is 4.63. The molecule has 0 unspecified atom stereocenters. The number of methoxy groups -OCH3 is 1. The lowest BCUT2D eigenvalue weighted by Gasteiger charge is -2.25. The number of hydrogen-bond donors (Lipinski definition) is 1. The summed E-state index contributed by atoms with van der Waals surface area (Å²) < 4.78 is 25.4. The molecule has 1 saturated heterocycles. The average Bonchev–Trinajstić information content (AvgIpc) is 2.61. The zero-order valence-corrected chi connectivity index (χ0v) is 14.4. The van der Waals surface area contributed by atoms with Crippen LogP contribution < -0.4 is 14.8 Å². The van der Waals surface area contributed by atoms with Gasteiger partial charge < -0.3 is 14.8 Å². The molecular formula is C19H21ClFNO2. The first kappa shape index (κ1) is 17.1. The van der Waals surface area contributed by atoms with Gasteiger partial charge in [-0.05, 0) is 50.0 Å². The normalized spacial score (nSPS) is 15.3. The van der Waals surface area contributed by atoms with Crippen molar-refractivity contribution in [2.45, 2.75) is 25.4 Å². The molecule has 0 amide bonds. The van der Waals surface area contributed by atoms with Crippen LogP contribution in [0.1, 0.15) is 29.9 Å². The van der Waals surface area contributed by atoms with E-state index in [0.717, 1.165) is 37.2 Å². The standard InChI is InChI=1S/C19H21ClFNO2/c1-23-19-16(13-7-9-22-10-8-13)3-2-4-18(19)24-12-14-5-6-15(20)11-17(14)21/h2-6,11,13,22H,7-10,12H2,1H3. The van der Waals surface area contributed by atoms with Crippen LogP contribution in [0, 0.1) is 5.82 Å². The lowest BCUT2D eigenvalue weighted by molar-refractivity contribution is 0.277. The topological polar surface area (TPSA) is 30.5 Å². The summed E-state index contributed by atoms with van der Waals surface area (Å²) in [6, 6.07) is 10.5. The van der Waals surface area contributed by atoms with Gasteiger partial charge in [0.15, 0.2) is 11.5 Å². The largest absolute Gasteiger partial charge is 0.493 e. The number of para-hydroxylation sites is 1. The zero-order valence-electron chi connectivity index (χ0n) is 13.6. The van der Waals surface area contributed by atoms with Crippen molar-refractivity contribution in [2.75, 3.05) is 20.2 Å². The molecule has 1 N–H and O–H groups in total. The van der Waals surface area contributed by atoms with E-state index in [1.165, 1.54) is 6.07 Å². The van der Waals surface area contributed by atoms with E-state index in [-0.39, 0.29) is 12.4 Å². The minimum Gasteiger partial charge on any atom is -0.493 e. The molecule has 0 aliphatic carbocycles. The maximum atomic E-state index is 13.9. The van der Waals surface area contributed by atoms with Gasteiger partial charge in [0.05, 0.1) is 7.11 Å². The van der Waals surface area contributed by atoms with E-state index in [2.05, 4.69) is 11.4 Å². The van der Waals surface area contributed by atoms with Crippen LogP contribution in [0.15, 0.2) is 36.4 Å². The minimum atomic E-state index is -0.365. The second kappa shape index (κ2) is 7.86. The Hall–Kier alpha value is -1.78. The van der Waals surface area contributed by atoms with Gasteiger partial charge in [0.2, 0.25) is 0 Å². The number of hydrogen-bond acceptors (Lipinski definition) is 3. The molecule has 0 spiro atoms. The molecule has 2 aromatic carbocycles. The van der Waals surface area contributed by atoms with Gasteiger partial charge in [-0.25, -0.2) is 4.39 Å². The lowest BCUT2D eigenvalue weighted by Crippen LogP contribution is -2.26. The van der Waals surface area contributed by atoms with Crippen molar-refractivity contribution in [1.29, 1.82) is 0 Å². The quantitative estimate of drug-likeness (QED) is 0.860. The highest BCUT2D eigenvalue weighted by Gasteiger charge is 2.21. The van der Waals surface area contributed by atoms with Gasteiger partial charge >= 0.3 is 0 Å². The molecule has 1 heterocycles. The summed E-state index contributed by atoms with van der Waals surface area (Å²) in [6.07, 6.45) is 2.15. The number of benzene rings is 2. The first-order chi connectivity index (χ1) is 11.7. The van der Waals surface area contributed by atoms with Crippen LogP contribution in [0.4, 0.5) is 4.39 Å². The smallest absolute Gasteiger partial charge is 0.164 e. The van der Waals surface area contributed by atoms with Crippen molar-refractivity contribution in [1.82, 2.24) is 5.32 Å². The van der Waals surface area contributed by atoms with Gasteiger partial charge in [-0.15, -0.1) is 0 Å². The second-order valence-corrected chi connectivity index (χ2v) is 6.36. The Kier molecular flexibility index (Phi) is 5.59. The van der Waals surface area contributed by atoms with Gasteiger partial charge in [-0.3, -0.25) is 0 Å². The van der Waals surface area contributed by atoms with Crippen LogP contribution in [0.3, 0.4) is 0 Å². The Labute approximate surface area is 146 Å². The first-order valence-electron chi connectivity index (χ1n) is 8.13. The van der Waals surface area contributed by atoms with E-state index in [4.69, 9.17) is 21.1 Å². The highest BCUT2D eigenvalue weighted by atomic mass is 35.5. The molecule has 0 aromatic heterocycles. The van der Waals surface area contributed by atoms with E-state index in [0.29, 0.717) is 22.3 Å². The van der Waals surface area contributed by atoms with Gasteiger partial charge in [-0.1, -0.05) is 29.8 Å². The number of ether oxygens (including phenoxy) is 2. The summed E-state index contributed by atoms with van der Waals surface area (Å²) in [7, 11) is 1.65. The Morgan fingerprint density at radius 3 is 2.71 bits per heavy atom. The monoisotopic (exact) mass is 349 g/mol. The summed E-state index contributed by atoms with van der Waals surface area (Å²) in [5, 5.41) is 3.75. The van der Waals surface area contributed by atoms with E-state index >= 15 is 0 Å². The molecule has 24 heavy (non-hydrogen) atoms. The maximum Gasteiger partial charge on any atom is 0.164 e. The number of piperidine rings is 1. The number of halogens is 2. The Bertz CT molecular complexity index is 702. The highest BCUT2D eigenvalue weighted by Crippen LogP contribution is 2.39. The van der Waals surface area contributed by atoms with Crippen LogP contribution in [-0.4, -0.2) is 20.2 Å². The fraction of sp³-hybridized carbons (Fsp3) is 0.368. The predicted molar refractivity (Wildman–Crippen MR) is 93.6 cm³/mol. The summed E-state index contributed by atoms with van der Waals surface area (Å²) in [4.78, 5) is 0. The van der Waals surface area contributed by atoms with Crippen molar-refractivity contribution in [2.24, 2.45) is 0 Å². The van der Waals surface area contributed by atoms with Crippen molar-refractivity contribution < 1.29 is 13.9 Å². The second-order valence-electron chi connectivity index (χ2n) is 5.93. The molecule has 3 nitrogen and oxygen atoms in total. The van der Waals surface area contributed by atoms with Crippen LogP contribution in [0.2, 0.25) is 5.02 Å². The first-order valence-corrected chi connectivity index (χ1v) is 8.51. The molecule has 128 valence electrons. The zero-order chi connectivity index (χ0) is 16.9. The van der Waals surface area contributed by atoms with Crippen molar-refractivity contribution in [3.05, 3.63) is 58.4 Å². The molecule has 1 aliphatic rings. The van der Waals surface area contributed by atoms with Gasteiger partial charge in [0.25, 0.3) is 0 Å². The van der Waals surface area contributed by atoms with Crippen molar-refractivity contribution in [3.63, 3.8) is 0 Å². The molecule has 0 bridgehead atoms. The molecule has 2 aromatic rings. The van der Waals surface area contributed by atoms with E-state index in [1.54, 1.807) is 19.2 Å². The summed E-state index contributed by atoms with van der Waals surface area (Å²) in [5.41, 5.74) is 1.63. The van der Waals surface area contributed by atoms with Crippen LogP contribution in [0.5, 0.6) is 11.5 Å².